The molecule has 2 aliphatic rings. The van der Waals surface area contributed by atoms with Crippen LogP contribution in [-0.2, 0) is 14.8 Å². The summed E-state index contributed by atoms with van der Waals surface area (Å²) in [4.78, 5) is 14.9. The number of rotatable bonds is 3. The van der Waals surface area contributed by atoms with Crippen LogP contribution in [0.2, 0.25) is 0 Å². The second-order valence-corrected chi connectivity index (χ2v) is 9.07. The SMILES string of the molecule is CCC(CC)C(=O)N1CC[C@@H]2[C@@H](CC1)Oc1ccccc1S(=O)(=O)N2C. The number of hydrogen-bond donors (Lipinski definition) is 0. The van der Waals surface area contributed by atoms with Gasteiger partial charge in [0.1, 0.15) is 16.7 Å². The number of carbonyl (C=O) groups excluding carboxylic acids is 1. The Morgan fingerprint density at radius 2 is 1.85 bits per heavy atom. The Labute approximate surface area is 156 Å². The lowest BCUT2D eigenvalue weighted by molar-refractivity contribution is -0.135. The van der Waals surface area contributed by atoms with Gasteiger partial charge in [-0.15, -0.1) is 0 Å². The minimum atomic E-state index is -3.60. The highest BCUT2D eigenvalue weighted by Crippen LogP contribution is 2.35. The molecule has 0 unspecified atom stereocenters. The average Bonchev–Trinajstić information content (AvgIpc) is 2.88. The van der Waals surface area contributed by atoms with E-state index in [9.17, 15) is 13.2 Å². The Hall–Kier alpha value is -1.60. The largest absolute Gasteiger partial charge is 0.487 e. The van der Waals surface area contributed by atoms with Crippen molar-refractivity contribution in [3.8, 4) is 5.75 Å². The number of carbonyl (C=O) groups is 1. The zero-order valence-electron chi connectivity index (χ0n) is 15.7. The molecule has 1 aromatic rings. The lowest BCUT2D eigenvalue weighted by atomic mass is 10.0. The van der Waals surface area contributed by atoms with Gasteiger partial charge in [-0.1, -0.05) is 26.0 Å². The summed E-state index contributed by atoms with van der Waals surface area (Å²) in [5, 5.41) is 0. The van der Waals surface area contributed by atoms with Gasteiger partial charge in [0.05, 0.1) is 6.04 Å². The number of sulfonamides is 1. The quantitative estimate of drug-likeness (QED) is 0.808. The minimum absolute atomic E-state index is 0.0426. The predicted molar refractivity (Wildman–Crippen MR) is 99.5 cm³/mol. The molecule has 1 amide bonds. The molecule has 0 N–H and O–H groups in total. The first-order valence-electron chi connectivity index (χ1n) is 9.42. The molecule has 1 saturated heterocycles. The van der Waals surface area contributed by atoms with Crippen molar-refractivity contribution in [2.24, 2.45) is 5.92 Å². The molecule has 0 radical (unpaired) electrons. The monoisotopic (exact) mass is 380 g/mol. The molecule has 1 aromatic carbocycles. The predicted octanol–water partition coefficient (Wildman–Crippen LogP) is 2.50. The molecule has 2 atom stereocenters. The van der Waals surface area contributed by atoms with Crippen molar-refractivity contribution >= 4 is 15.9 Å². The molecule has 26 heavy (non-hydrogen) atoms. The molecule has 0 spiro atoms. The summed E-state index contributed by atoms with van der Waals surface area (Å²) < 4.78 is 33.5. The van der Waals surface area contributed by atoms with Crippen molar-refractivity contribution in [2.75, 3.05) is 20.1 Å². The lowest BCUT2D eigenvalue weighted by Crippen LogP contribution is -2.44. The lowest BCUT2D eigenvalue weighted by Gasteiger charge is -2.28. The number of likely N-dealkylation sites (N-methyl/N-ethyl adjacent to an activating group) is 1. The summed E-state index contributed by atoms with van der Waals surface area (Å²) in [6.45, 7) is 5.24. The standard InChI is InChI=1S/C19H28N2O4S/c1-4-14(5-2)19(22)21-12-10-15-16(11-13-21)25-17-8-6-7-9-18(17)26(23,24)20(15)3/h6-9,14-16H,4-5,10-13H2,1-3H3/t15-,16-/m1/s1. The molecule has 0 aromatic heterocycles. The zero-order valence-corrected chi connectivity index (χ0v) is 16.5. The van der Waals surface area contributed by atoms with Crippen LogP contribution in [0, 0.1) is 5.92 Å². The van der Waals surface area contributed by atoms with Crippen LogP contribution in [0.1, 0.15) is 39.5 Å². The van der Waals surface area contributed by atoms with Gasteiger partial charge in [0.15, 0.2) is 0 Å². The number of amides is 1. The topological polar surface area (TPSA) is 66.9 Å². The Bertz CT molecular complexity index is 761. The fourth-order valence-electron chi connectivity index (χ4n) is 3.99. The van der Waals surface area contributed by atoms with E-state index in [0.29, 0.717) is 31.7 Å². The van der Waals surface area contributed by atoms with Gasteiger partial charge in [0.2, 0.25) is 15.9 Å². The van der Waals surface area contributed by atoms with Crippen LogP contribution >= 0.6 is 0 Å². The van der Waals surface area contributed by atoms with Crippen LogP contribution in [0.5, 0.6) is 5.75 Å². The fraction of sp³-hybridized carbons (Fsp3) is 0.632. The van der Waals surface area contributed by atoms with E-state index >= 15 is 0 Å². The van der Waals surface area contributed by atoms with Gasteiger partial charge in [0, 0.05) is 32.5 Å². The Morgan fingerprint density at radius 1 is 1.19 bits per heavy atom. The minimum Gasteiger partial charge on any atom is -0.487 e. The molecule has 6 nitrogen and oxygen atoms in total. The van der Waals surface area contributed by atoms with Gasteiger partial charge in [0.25, 0.3) is 0 Å². The third kappa shape index (κ3) is 3.34. The Balaban J connectivity index is 1.87. The number of benzene rings is 1. The van der Waals surface area contributed by atoms with Crippen molar-refractivity contribution in [1.29, 1.82) is 0 Å². The molecule has 7 heteroatoms. The van der Waals surface area contributed by atoms with Crippen molar-refractivity contribution in [1.82, 2.24) is 9.21 Å². The van der Waals surface area contributed by atoms with E-state index < -0.39 is 10.0 Å². The van der Waals surface area contributed by atoms with Gasteiger partial charge in [-0.3, -0.25) is 4.79 Å². The Kier molecular flexibility index (Phi) is 5.58. The van der Waals surface area contributed by atoms with Crippen LogP contribution in [-0.4, -0.2) is 55.8 Å². The maximum Gasteiger partial charge on any atom is 0.246 e. The Morgan fingerprint density at radius 3 is 2.54 bits per heavy atom. The summed E-state index contributed by atoms with van der Waals surface area (Å²) >= 11 is 0. The van der Waals surface area contributed by atoms with Crippen LogP contribution in [0.3, 0.4) is 0 Å². The van der Waals surface area contributed by atoms with E-state index in [2.05, 4.69) is 0 Å². The van der Waals surface area contributed by atoms with Crippen molar-refractivity contribution in [3.63, 3.8) is 0 Å². The van der Waals surface area contributed by atoms with Crippen LogP contribution < -0.4 is 4.74 Å². The number of hydrogen-bond acceptors (Lipinski definition) is 4. The molecule has 0 aliphatic carbocycles. The average molecular weight is 381 g/mol. The van der Waals surface area contributed by atoms with Gasteiger partial charge in [-0.25, -0.2) is 8.42 Å². The van der Waals surface area contributed by atoms with Crippen LogP contribution in [0.4, 0.5) is 0 Å². The normalized spacial score (nSPS) is 25.6. The summed E-state index contributed by atoms with van der Waals surface area (Å²) in [6, 6.07) is 6.53. The van der Waals surface area contributed by atoms with Crippen molar-refractivity contribution < 1.29 is 17.9 Å². The third-order valence-corrected chi connectivity index (χ3v) is 7.63. The molecule has 0 bridgehead atoms. The molecule has 2 heterocycles. The summed E-state index contributed by atoms with van der Waals surface area (Å²) in [6.07, 6.45) is 2.62. The number of fused-ring (bicyclic) bond motifs is 2. The summed E-state index contributed by atoms with van der Waals surface area (Å²) in [7, 11) is -1.98. The van der Waals surface area contributed by atoms with E-state index in [1.165, 1.54) is 4.31 Å². The number of para-hydroxylation sites is 1. The third-order valence-electron chi connectivity index (χ3n) is 5.71. The van der Waals surface area contributed by atoms with E-state index in [1.54, 1.807) is 31.3 Å². The molecule has 0 saturated carbocycles. The van der Waals surface area contributed by atoms with E-state index in [1.807, 2.05) is 18.7 Å². The van der Waals surface area contributed by atoms with E-state index in [4.69, 9.17) is 4.74 Å². The number of ether oxygens (including phenoxy) is 1. The molecule has 1 fully saturated rings. The second kappa shape index (κ2) is 7.56. The molecule has 3 rings (SSSR count). The molecule has 144 valence electrons. The van der Waals surface area contributed by atoms with Crippen molar-refractivity contribution in [3.05, 3.63) is 24.3 Å². The molecule has 2 aliphatic heterocycles. The maximum atomic E-state index is 13.0. The highest BCUT2D eigenvalue weighted by atomic mass is 32.2. The smallest absolute Gasteiger partial charge is 0.246 e. The van der Waals surface area contributed by atoms with Crippen molar-refractivity contribution in [2.45, 2.75) is 56.6 Å². The highest BCUT2D eigenvalue weighted by Gasteiger charge is 2.41. The maximum absolute atomic E-state index is 13.0. The fourth-order valence-corrected chi connectivity index (χ4v) is 5.52. The van der Waals surface area contributed by atoms with Crippen LogP contribution in [0.15, 0.2) is 29.2 Å². The summed E-state index contributed by atoms with van der Waals surface area (Å²) in [5.41, 5.74) is 0. The molecular formula is C19H28N2O4S. The first-order valence-corrected chi connectivity index (χ1v) is 10.9. The first kappa shape index (κ1) is 19.2. The van der Waals surface area contributed by atoms with Gasteiger partial charge < -0.3 is 9.64 Å². The van der Waals surface area contributed by atoms with Gasteiger partial charge in [-0.05, 0) is 31.4 Å². The van der Waals surface area contributed by atoms with Gasteiger partial charge >= 0.3 is 0 Å². The number of nitrogens with zero attached hydrogens (tertiary/aromatic N) is 2. The van der Waals surface area contributed by atoms with Crippen LogP contribution in [0.25, 0.3) is 0 Å². The zero-order chi connectivity index (χ0) is 18.9. The second-order valence-electron chi connectivity index (χ2n) is 7.11. The first-order chi connectivity index (χ1) is 12.4. The summed E-state index contributed by atoms with van der Waals surface area (Å²) in [5.74, 6) is 0.630. The molecular weight excluding hydrogens is 352 g/mol. The van der Waals surface area contributed by atoms with E-state index in [0.717, 1.165) is 12.8 Å². The highest BCUT2D eigenvalue weighted by molar-refractivity contribution is 7.89. The van der Waals surface area contributed by atoms with Gasteiger partial charge in [-0.2, -0.15) is 4.31 Å². The number of likely N-dealkylation sites (tertiary alicyclic amines) is 1. The van der Waals surface area contributed by atoms with E-state index in [-0.39, 0.29) is 28.9 Å².